The van der Waals surface area contributed by atoms with Gasteiger partial charge < -0.3 is 0 Å². The monoisotopic (exact) mass is 266 g/mol. The molecule has 1 atom stereocenters. The topological polar surface area (TPSA) is 38.0 Å². The van der Waals surface area contributed by atoms with Gasteiger partial charge in [0.15, 0.2) is 0 Å². The Morgan fingerprint density at radius 3 is 2.21 bits per heavy atom. The van der Waals surface area contributed by atoms with Crippen LogP contribution in [0.5, 0.6) is 0 Å². The molecule has 112 valence electrons. The van der Waals surface area contributed by atoms with Crippen LogP contribution < -0.4 is 11.3 Å². The second kappa shape index (κ2) is 8.26. The molecule has 2 rings (SSSR count). The van der Waals surface area contributed by atoms with Gasteiger partial charge >= 0.3 is 0 Å². The second-order valence-corrected chi connectivity index (χ2v) is 7.08. The van der Waals surface area contributed by atoms with Gasteiger partial charge in [0.2, 0.25) is 0 Å². The van der Waals surface area contributed by atoms with Crippen molar-refractivity contribution >= 4 is 0 Å². The minimum Gasteiger partial charge on any atom is -0.271 e. The number of hydrogen-bond acceptors (Lipinski definition) is 2. The molecule has 2 saturated carbocycles. The van der Waals surface area contributed by atoms with E-state index in [9.17, 15) is 0 Å². The van der Waals surface area contributed by atoms with Crippen molar-refractivity contribution in [2.75, 3.05) is 0 Å². The number of hydrogen-bond donors (Lipinski definition) is 2. The van der Waals surface area contributed by atoms with E-state index in [1.54, 1.807) is 0 Å². The molecule has 0 radical (unpaired) electrons. The van der Waals surface area contributed by atoms with Crippen LogP contribution in [0.4, 0.5) is 0 Å². The molecular weight excluding hydrogens is 232 g/mol. The van der Waals surface area contributed by atoms with Crippen LogP contribution in [-0.4, -0.2) is 6.04 Å². The first-order valence-corrected chi connectivity index (χ1v) is 8.79. The summed E-state index contributed by atoms with van der Waals surface area (Å²) in [7, 11) is 0. The zero-order chi connectivity index (χ0) is 13.5. The van der Waals surface area contributed by atoms with E-state index >= 15 is 0 Å². The fourth-order valence-corrected chi connectivity index (χ4v) is 4.47. The molecule has 2 fully saturated rings. The van der Waals surface area contributed by atoms with Crippen LogP contribution in [0.1, 0.15) is 84.0 Å². The molecule has 1 unspecified atom stereocenters. The number of hydrazine groups is 1. The summed E-state index contributed by atoms with van der Waals surface area (Å²) in [5.41, 5.74) is 3.17. The summed E-state index contributed by atoms with van der Waals surface area (Å²) in [6.07, 6.45) is 17.1. The van der Waals surface area contributed by atoms with E-state index in [4.69, 9.17) is 5.84 Å². The van der Waals surface area contributed by atoms with E-state index in [-0.39, 0.29) is 0 Å². The molecule has 0 aromatic rings. The molecule has 2 aliphatic carbocycles. The lowest BCUT2D eigenvalue weighted by Gasteiger charge is -2.36. The van der Waals surface area contributed by atoms with Gasteiger partial charge in [0.05, 0.1) is 0 Å². The van der Waals surface area contributed by atoms with Crippen LogP contribution >= 0.6 is 0 Å². The molecule has 2 heteroatoms. The molecule has 0 aliphatic heterocycles. The summed E-state index contributed by atoms with van der Waals surface area (Å²) in [5.74, 6) is 8.67. The maximum Gasteiger partial charge on any atom is 0.0241 e. The van der Waals surface area contributed by atoms with E-state index in [1.807, 2.05) is 0 Å². The van der Waals surface area contributed by atoms with E-state index in [1.165, 1.54) is 77.0 Å². The van der Waals surface area contributed by atoms with Crippen LogP contribution in [0.2, 0.25) is 0 Å². The lowest BCUT2D eigenvalue weighted by Crippen LogP contribution is -2.43. The second-order valence-electron chi connectivity index (χ2n) is 7.08. The molecule has 3 N–H and O–H groups in total. The van der Waals surface area contributed by atoms with Crippen molar-refractivity contribution in [1.29, 1.82) is 0 Å². The first-order valence-electron chi connectivity index (χ1n) is 8.79. The molecule has 2 aliphatic rings. The molecule has 2 nitrogen and oxygen atoms in total. The molecule has 0 bridgehead atoms. The third-order valence-electron chi connectivity index (χ3n) is 5.68. The highest BCUT2D eigenvalue weighted by atomic mass is 15.2. The summed E-state index contributed by atoms with van der Waals surface area (Å²) in [6.45, 7) is 2.32. The maximum atomic E-state index is 5.86. The number of rotatable bonds is 6. The highest BCUT2D eigenvalue weighted by Crippen LogP contribution is 2.36. The average Bonchev–Trinajstić information content (AvgIpc) is 2.47. The largest absolute Gasteiger partial charge is 0.271 e. The van der Waals surface area contributed by atoms with Gasteiger partial charge in [-0.25, -0.2) is 0 Å². The normalized spacial score (nSPS) is 31.3. The zero-order valence-corrected chi connectivity index (χ0v) is 12.9. The van der Waals surface area contributed by atoms with Gasteiger partial charge in [0, 0.05) is 6.04 Å². The molecular formula is C17H34N2. The van der Waals surface area contributed by atoms with Crippen LogP contribution in [0, 0.1) is 17.8 Å². The Kier molecular flexibility index (Phi) is 6.66. The summed E-state index contributed by atoms with van der Waals surface area (Å²) in [6, 6.07) is 0.589. The number of nitrogens with one attached hydrogen (secondary N) is 1. The average molecular weight is 266 g/mol. The van der Waals surface area contributed by atoms with Gasteiger partial charge in [-0.1, -0.05) is 64.7 Å². The van der Waals surface area contributed by atoms with Crippen LogP contribution in [0.25, 0.3) is 0 Å². The van der Waals surface area contributed by atoms with Gasteiger partial charge in [0.1, 0.15) is 0 Å². The minimum absolute atomic E-state index is 0.589. The van der Waals surface area contributed by atoms with Gasteiger partial charge in [0.25, 0.3) is 0 Å². The van der Waals surface area contributed by atoms with Crippen molar-refractivity contribution in [3.8, 4) is 0 Å². The molecule has 0 spiro atoms. The Hall–Kier alpha value is -0.0800. The van der Waals surface area contributed by atoms with Crippen molar-refractivity contribution in [2.45, 2.75) is 90.0 Å². The predicted octanol–water partition coefficient (Wildman–Crippen LogP) is 4.40. The molecule has 0 saturated heterocycles. The molecule has 0 heterocycles. The van der Waals surface area contributed by atoms with E-state index < -0.39 is 0 Å². The number of nitrogens with two attached hydrogens (primary N) is 1. The fraction of sp³-hybridized carbons (Fsp3) is 1.00. The Labute approximate surface area is 119 Å². The van der Waals surface area contributed by atoms with Crippen molar-refractivity contribution in [3.63, 3.8) is 0 Å². The van der Waals surface area contributed by atoms with E-state index in [2.05, 4.69) is 12.3 Å². The quantitative estimate of drug-likeness (QED) is 0.552. The van der Waals surface area contributed by atoms with Crippen molar-refractivity contribution < 1.29 is 0 Å². The fourth-order valence-electron chi connectivity index (χ4n) is 4.47. The van der Waals surface area contributed by atoms with Gasteiger partial charge in [-0.15, -0.1) is 0 Å². The van der Waals surface area contributed by atoms with Gasteiger partial charge in [-0.05, 0) is 37.0 Å². The summed E-state index contributed by atoms with van der Waals surface area (Å²) < 4.78 is 0. The van der Waals surface area contributed by atoms with Gasteiger partial charge in [-0.3, -0.25) is 11.3 Å². The lowest BCUT2D eigenvalue weighted by atomic mass is 9.74. The smallest absolute Gasteiger partial charge is 0.0241 e. The standard InChI is InChI=1S/C17H34N2/c1-2-6-14-9-11-16(12-10-14)17(19-18)13-15-7-4-3-5-8-15/h14-17,19H,2-13,18H2,1H3. The molecule has 0 aromatic carbocycles. The van der Waals surface area contributed by atoms with Crippen LogP contribution in [0.3, 0.4) is 0 Å². The predicted molar refractivity (Wildman–Crippen MR) is 82.7 cm³/mol. The van der Waals surface area contributed by atoms with Crippen LogP contribution in [0.15, 0.2) is 0 Å². The first-order chi connectivity index (χ1) is 9.33. The SMILES string of the molecule is CCCC1CCC(C(CC2CCCCC2)NN)CC1. The van der Waals surface area contributed by atoms with Crippen LogP contribution in [-0.2, 0) is 0 Å². The summed E-state index contributed by atoms with van der Waals surface area (Å²) in [5, 5.41) is 0. The summed E-state index contributed by atoms with van der Waals surface area (Å²) >= 11 is 0. The Morgan fingerprint density at radius 2 is 1.63 bits per heavy atom. The minimum atomic E-state index is 0.589. The van der Waals surface area contributed by atoms with Crippen molar-refractivity contribution in [3.05, 3.63) is 0 Å². The van der Waals surface area contributed by atoms with E-state index in [0.29, 0.717) is 6.04 Å². The van der Waals surface area contributed by atoms with Gasteiger partial charge in [-0.2, -0.15) is 0 Å². The third kappa shape index (κ3) is 4.75. The third-order valence-corrected chi connectivity index (χ3v) is 5.68. The highest BCUT2D eigenvalue weighted by Gasteiger charge is 2.28. The molecule has 0 amide bonds. The Balaban J connectivity index is 1.75. The Morgan fingerprint density at radius 1 is 0.947 bits per heavy atom. The van der Waals surface area contributed by atoms with Crippen molar-refractivity contribution in [2.24, 2.45) is 23.6 Å². The molecule has 0 aromatic heterocycles. The molecule has 19 heavy (non-hydrogen) atoms. The van der Waals surface area contributed by atoms with E-state index in [0.717, 1.165) is 17.8 Å². The first kappa shape index (κ1) is 15.3. The highest BCUT2D eigenvalue weighted by molar-refractivity contribution is 4.83. The van der Waals surface area contributed by atoms with Crippen molar-refractivity contribution in [1.82, 2.24) is 5.43 Å². The lowest BCUT2D eigenvalue weighted by molar-refractivity contribution is 0.182. The zero-order valence-electron chi connectivity index (χ0n) is 12.9. The summed E-state index contributed by atoms with van der Waals surface area (Å²) in [4.78, 5) is 0. The Bertz CT molecular complexity index is 227. The maximum absolute atomic E-state index is 5.86.